The Kier molecular flexibility index (Phi) is 15.4. The molecule has 11 heteroatoms. The quantitative estimate of drug-likeness (QED) is 0.128. The molecular formula is C31H49NO10. The highest BCUT2D eigenvalue weighted by Crippen LogP contribution is 2.37. The molecule has 0 radical (unpaired) electrons. The molecule has 42 heavy (non-hydrogen) atoms. The number of esters is 1. The zero-order valence-corrected chi connectivity index (χ0v) is 26.4. The molecule has 0 bridgehead atoms. The highest BCUT2D eigenvalue weighted by atomic mass is 16.7. The molecule has 1 aromatic carbocycles. The number of ether oxygens (including phenoxy) is 5. The Morgan fingerprint density at radius 1 is 0.810 bits per heavy atom. The lowest BCUT2D eigenvalue weighted by Gasteiger charge is -2.32. The SMILES string of the molecule is CCC(C)COC(=O)Oc1ccc(C(C(C)C(C)OC(=O)C(C)C(C)C)[C@H](N)C(=O)O)cc1OC(=O)OCC(C)CC. The molecule has 1 rings (SSSR count). The maximum atomic E-state index is 12.6. The van der Waals surface area contributed by atoms with Gasteiger partial charge in [-0.15, -0.1) is 0 Å². The lowest BCUT2D eigenvalue weighted by Crippen LogP contribution is -2.43. The van der Waals surface area contributed by atoms with Crippen LogP contribution in [-0.4, -0.2) is 54.7 Å². The first kappa shape index (κ1) is 36.7. The molecule has 0 aliphatic carbocycles. The van der Waals surface area contributed by atoms with E-state index in [0.29, 0.717) is 5.56 Å². The Labute approximate surface area is 249 Å². The van der Waals surface area contributed by atoms with Crippen LogP contribution in [0.15, 0.2) is 18.2 Å². The molecule has 0 saturated heterocycles. The summed E-state index contributed by atoms with van der Waals surface area (Å²) in [4.78, 5) is 49.6. The summed E-state index contributed by atoms with van der Waals surface area (Å²) in [5.41, 5.74) is 6.50. The summed E-state index contributed by atoms with van der Waals surface area (Å²) < 4.78 is 26.8. The van der Waals surface area contributed by atoms with Gasteiger partial charge in [0.25, 0.3) is 0 Å². The van der Waals surface area contributed by atoms with Gasteiger partial charge in [-0.25, -0.2) is 9.59 Å². The smallest absolute Gasteiger partial charge is 0.480 e. The largest absolute Gasteiger partial charge is 0.513 e. The van der Waals surface area contributed by atoms with Gasteiger partial charge in [-0.05, 0) is 42.4 Å². The fraction of sp³-hybridized carbons (Fsp3) is 0.677. The summed E-state index contributed by atoms with van der Waals surface area (Å²) in [6.07, 6.45) is -1.14. The van der Waals surface area contributed by atoms with Crippen molar-refractivity contribution in [3.8, 4) is 11.5 Å². The molecule has 1 aromatic rings. The van der Waals surface area contributed by atoms with Crippen molar-refractivity contribution in [1.82, 2.24) is 0 Å². The van der Waals surface area contributed by atoms with Gasteiger partial charge in [0, 0.05) is 11.8 Å². The molecule has 6 unspecified atom stereocenters. The number of carbonyl (C=O) groups excluding carboxylic acids is 3. The standard InChI is InChI=1S/C31H49NO10/c1-10-18(5)15-38-30(36)41-24-13-12-23(14-25(24)42-31(37)39-16-19(6)11-2)26(27(32)28(33)34)21(8)22(9)40-29(35)20(7)17(3)4/h12-14,17-22,26-27H,10-11,15-16,32H2,1-9H3,(H,33,34)/t18?,19?,20?,21?,22?,26?,27-/m0/s1. The lowest BCUT2D eigenvalue weighted by atomic mass is 9.79. The van der Waals surface area contributed by atoms with Crippen LogP contribution < -0.4 is 15.2 Å². The van der Waals surface area contributed by atoms with E-state index in [0.717, 1.165) is 12.8 Å². The van der Waals surface area contributed by atoms with Gasteiger partial charge in [0.15, 0.2) is 11.5 Å². The third-order valence-electron chi connectivity index (χ3n) is 7.76. The number of rotatable bonds is 16. The van der Waals surface area contributed by atoms with Gasteiger partial charge in [0.2, 0.25) is 0 Å². The van der Waals surface area contributed by atoms with Crippen molar-refractivity contribution in [3.63, 3.8) is 0 Å². The van der Waals surface area contributed by atoms with E-state index >= 15 is 0 Å². The molecule has 0 saturated carbocycles. The number of nitrogens with two attached hydrogens (primary N) is 1. The van der Waals surface area contributed by atoms with Crippen molar-refractivity contribution in [1.29, 1.82) is 0 Å². The summed E-state index contributed by atoms with van der Waals surface area (Å²) in [6.45, 7) is 17.0. The van der Waals surface area contributed by atoms with E-state index < -0.39 is 48.2 Å². The lowest BCUT2D eigenvalue weighted by molar-refractivity contribution is -0.157. The number of carbonyl (C=O) groups is 4. The Hall–Kier alpha value is -3.34. The molecule has 0 heterocycles. The molecule has 0 amide bonds. The molecule has 0 spiro atoms. The molecule has 0 aliphatic heterocycles. The predicted octanol–water partition coefficient (Wildman–Crippen LogP) is 6.17. The van der Waals surface area contributed by atoms with Crippen LogP contribution in [0.2, 0.25) is 0 Å². The first-order valence-electron chi connectivity index (χ1n) is 14.6. The summed E-state index contributed by atoms with van der Waals surface area (Å²) in [5, 5.41) is 9.82. The van der Waals surface area contributed by atoms with E-state index in [9.17, 15) is 24.3 Å². The molecule has 0 aliphatic rings. The Morgan fingerprint density at radius 3 is 1.76 bits per heavy atom. The minimum atomic E-state index is -1.40. The van der Waals surface area contributed by atoms with E-state index in [1.54, 1.807) is 20.8 Å². The van der Waals surface area contributed by atoms with Gasteiger partial charge < -0.3 is 34.5 Å². The third-order valence-corrected chi connectivity index (χ3v) is 7.76. The first-order chi connectivity index (χ1) is 19.6. The number of hydrogen-bond acceptors (Lipinski definition) is 10. The summed E-state index contributed by atoms with van der Waals surface area (Å²) in [5.74, 6) is -3.54. The van der Waals surface area contributed by atoms with Crippen LogP contribution in [0.4, 0.5) is 9.59 Å². The molecule has 238 valence electrons. The summed E-state index contributed by atoms with van der Waals surface area (Å²) >= 11 is 0. The number of aliphatic carboxylic acids is 1. The predicted molar refractivity (Wildman–Crippen MR) is 156 cm³/mol. The Balaban J connectivity index is 3.42. The molecule has 3 N–H and O–H groups in total. The monoisotopic (exact) mass is 595 g/mol. The highest BCUT2D eigenvalue weighted by Gasteiger charge is 2.36. The van der Waals surface area contributed by atoms with Gasteiger partial charge in [-0.3, -0.25) is 9.59 Å². The molecule has 0 aromatic heterocycles. The fourth-order valence-corrected chi connectivity index (χ4v) is 3.74. The number of carboxylic acid groups (broad SMARTS) is 1. The van der Waals surface area contributed by atoms with Gasteiger partial charge in [0.1, 0.15) is 12.1 Å². The minimum absolute atomic E-state index is 0.0567. The topological polar surface area (TPSA) is 161 Å². The first-order valence-corrected chi connectivity index (χ1v) is 14.6. The van der Waals surface area contributed by atoms with Crippen molar-refractivity contribution >= 4 is 24.2 Å². The zero-order chi connectivity index (χ0) is 32.1. The minimum Gasteiger partial charge on any atom is -0.480 e. The third kappa shape index (κ3) is 11.5. The molecule has 0 fully saturated rings. The van der Waals surface area contributed by atoms with Crippen molar-refractivity contribution in [2.75, 3.05) is 13.2 Å². The second kappa shape index (κ2) is 17.6. The average molecular weight is 596 g/mol. The van der Waals surface area contributed by atoms with Crippen molar-refractivity contribution in [3.05, 3.63) is 23.8 Å². The number of hydrogen-bond donors (Lipinski definition) is 2. The van der Waals surface area contributed by atoms with Crippen LogP contribution in [0.3, 0.4) is 0 Å². The van der Waals surface area contributed by atoms with E-state index in [2.05, 4.69) is 0 Å². The summed E-state index contributed by atoms with van der Waals surface area (Å²) in [6, 6.07) is 2.85. The second-order valence-electron chi connectivity index (χ2n) is 11.5. The van der Waals surface area contributed by atoms with E-state index in [1.807, 2.05) is 41.5 Å². The van der Waals surface area contributed by atoms with Crippen LogP contribution in [0.1, 0.15) is 86.6 Å². The normalized spacial score (nSPS) is 16.3. The average Bonchev–Trinajstić information content (AvgIpc) is 2.94. The number of carboxylic acids is 1. The van der Waals surface area contributed by atoms with Gasteiger partial charge in [-0.2, -0.15) is 0 Å². The summed E-state index contributed by atoms with van der Waals surface area (Å²) in [7, 11) is 0. The van der Waals surface area contributed by atoms with Crippen molar-refractivity contribution in [2.45, 2.75) is 93.2 Å². The molecule has 7 atom stereocenters. The fourth-order valence-electron chi connectivity index (χ4n) is 3.74. The van der Waals surface area contributed by atoms with Crippen molar-refractivity contribution in [2.24, 2.45) is 35.3 Å². The maximum Gasteiger partial charge on any atom is 0.513 e. The zero-order valence-electron chi connectivity index (χ0n) is 26.4. The number of benzene rings is 1. The Bertz CT molecular complexity index is 1040. The Morgan fingerprint density at radius 2 is 1.31 bits per heavy atom. The van der Waals surface area contributed by atoms with E-state index in [1.165, 1.54) is 18.2 Å². The van der Waals surface area contributed by atoms with E-state index in [4.69, 9.17) is 29.4 Å². The van der Waals surface area contributed by atoms with Crippen molar-refractivity contribution < 1.29 is 48.0 Å². The maximum absolute atomic E-state index is 12.6. The van der Waals surface area contributed by atoms with Crippen LogP contribution in [0.5, 0.6) is 11.5 Å². The van der Waals surface area contributed by atoms with Gasteiger partial charge in [0.05, 0.1) is 19.1 Å². The molecule has 11 nitrogen and oxygen atoms in total. The van der Waals surface area contributed by atoms with Crippen LogP contribution in [0.25, 0.3) is 0 Å². The van der Waals surface area contributed by atoms with Crippen LogP contribution in [-0.2, 0) is 23.8 Å². The van der Waals surface area contributed by atoms with Crippen LogP contribution in [0, 0.1) is 29.6 Å². The molecular weight excluding hydrogens is 546 g/mol. The highest BCUT2D eigenvalue weighted by molar-refractivity contribution is 5.75. The second-order valence-corrected chi connectivity index (χ2v) is 11.5. The van der Waals surface area contributed by atoms with Gasteiger partial charge in [-0.1, -0.05) is 74.3 Å². The van der Waals surface area contributed by atoms with Gasteiger partial charge >= 0.3 is 24.2 Å². The van der Waals surface area contributed by atoms with E-state index in [-0.39, 0.29) is 48.4 Å². The van der Waals surface area contributed by atoms with Crippen LogP contribution >= 0.6 is 0 Å².